The minimum atomic E-state index is -4.92. The van der Waals surface area contributed by atoms with Crippen LogP contribution < -0.4 is 4.72 Å². The summed E-state index contributed by atoms with van der Waals surface area (Å²) in [4.78, 5) is 11.0. The Hall–Kier alpha value is -2.83. The Balaban J connectivity index is 2.24. The molecule has 0 saturated carbocycles. The maximum absolute atomic E-state index is 12.9. The van der Waals surface area contributed by atoms with Gasteiger partial charge >= 0.3 is 6.18 Å². The largest absolute Gasteiger partial charge is 0.417 e. The average Bonchev–Trinajstić information content (AvgIpc) is 2.59. The number of benzene rings is 2. The highest BCUT2D eigenvalue weighted by Gasteiger charge is 2.35. The number of nitriles is 1. The number of halogens is 4. The van der Waals surface area contributed by atoms with E-state index in [0.29, 0.717) is 16.7 Å². The first-order chi connectivity index (χ1) is 12.5. The van der Waals surface area contributed by atoms with Gasteiger partial charge in [-0.1, -0.05) is 23.7 Å². The van der Waals surface area contributed by atoms with E-state index in [1.165, 1.54) is 12.1 Å². The van der Waals surface area contributed by atoms with Gasteiger partial charge in [0.1, 0.15) is 0 Å². The minimum Gasteiger partial charge on any atom is -0.269 e. The molecule has 140 valence electrons. The topological polar surface area (TPSA) is 87.0 Å². The summed E-state index contributed by atoms with van der Waals surface area (Å²) in [5.41, 5.74) is -1.57. The highest BCUT2D eigenvalue weighted by Crippen LogP contribution is 2.33. The molecule has 0 aliphatic carbocycles. The van der Waals surface area contributed by atoms with Crippen LogP contribution in [0.4, 0.5) is 13.2 Å². The van der Waals surface area contributed by atoms with Gasteiger partial charge in [-0.3, -0.25) is 4.79 Å². The number of sulfonamides is 1. The molecule has 0 heterocycles. The zero-order chi connectivity index (χ0) is 20.2. The fraction of sp³-hybridized carbons (Fsp3) is 0.0588. The van der Waals surface area contributed by atoms with Crippen LogP contribution in [0.2, 0.25) is 5.02 Å². The molecule has 10 heteroatoms. The van der Waals surface area contributed by atoms with Crippen LogP contribution in [0.15, 0.2) is 53.4 Å². The second-order valence-electron chi connectivity index (χ2n) is 5.17. The van der Waals surface area contributed by atoms with Gasteiger partial charge < -0.3 is 0 Å². The summed E-state index contributed by atoms with van der Waals surface area (Å²) in [6.07, 6.45) is -2.70. The molecular weight excluding hydrogens is 405 g/mol. The van der Waals surface area contributed by atoms with Crippen molar-refractivity contribution in [3.63, 3.8) is 0 Å². The lowest BCUT2D eigenvalue weighted by atomic mass is 10.1. The molecule has 0 fully saturated rings. The molecular formula is C17H10ClF3N2O3S. The molecule has 0 spiro atoms. The molecule has 27 heavy (non-hydrogen) atoms. The number of hydrogen-bond donors (Lipinski definition) is 1. The molecule has 0 unspecified atom stereocenters. The van der Waals surface area contributed by atoms with E-state index < -0.39 is 38.1 Å². The van der Waals surface area contributed by atoms with Gasteiger partial charge in [-0.05, 0) is 42.0 Å². The van der Waals surface area contributed by atoms with Gasteiger partial charge in [0.2, 0.25) is 0 Å². The third-order valence-corrected chi connectivity index (χ3v) is 4.86. The maximum Gasteiger partial charge on any atom is 0.417 e. The van der Waals surface area contributed by atoms with Gasteiger partial charge in [-0.2, -0.15) is 18.4 Å². The SMILES string of the molecule is N#Cc1ccc(S(=O)(=O)NC(=O)/C=C/c2ccc(Cl)cc2)cc1C(F)(F)F. The normalized spacial score (nSPS) is 12.0. The van der Waals surface area contributed by atoms with Gasteiger partial charge in [0.05, 0.1) is 22.1 Å². The summed E-state index contributed by atoms with van der Waals surface area (Å²) in [6.45, 7) is 0. The Labute approximate surface area is 157 Å². The number of carbonyl (C=O) groups is 1. The van der Waals surface area contributed by atoms with E-state index in [1.54, 1.807) is 29.0 Å². The maximum atomic E-state index is 12.9. The number of nitrogens with one attached hydrogen (secondary N) is 1. The number of rotatable bonds is 4. The van der Waals surface area contributed by atoms with Gasteiger partial charge in [0.25, 0.3) is 15.9 Å². The van der Waals surface area contributed by atoms with Crippen molar-refractivity contribution >= 4 is 33.6 Å². The van der Waals surface area contributed by atoms with E-state index in [0.717, 1.165) is 18.2 Å². The molecule has 2 aromatic rings. The first kappa shape index (κ1) is 20.5. The molecule has 2 aromatic carbocycles. The molecule has 2 rings (SSSR count). The van der Waals surface area contributed by atoms with Gasteiger partial charge in [0.15, 0.2) is 0 Å². The monoisotopic (exact) mass is 414 g/mol. The summed E-state index contributed by atoms with van der Waals surface area (Å²) in [7, 11) is -4.56. The van der Waals surface area contributed by atoms with Crippen LogP contribution in [-0.2, 0) is 21.0 Å². The third kappa shape index (κ3) is 5.32. The van der Waals surface area contributed by atoms with Gasteiger partial charge in [-0.15, -0.1) is 0 Å². The quantitative estimate of drug-likeness (QED) is 0.772. The molecule has 0 aliphatic rings. The Bertz CT molecular complexity index is 1040. The predicted molar refractivity (Wildman–Crippen MR) is 92.0 cm³/mol. The summed E-state index contributed by atoms with van der Waals surface area (Å²) < 4.78 is 64.8. The van der Waals surface area contributed by atoms with Crippen LogP contribution in [0.5, 0.6) is 0 Å². The number of hydrogen-bond acceptors (Lipinski definition) is 4. The lowest BCUT2D eigenvalue weighted by molar-refractivity contribution is -0.137. The Morgan fingerprint density at radius 3 is 2.33 bits per heavy atom. The molecule has 0 bridgehead atoms. The van der Waals surface area contributed by atoms with Crippen molar-refractivity contribution in [3.8, 4) is 6.07 Å². The zero-order valence-electron chi connectivity index (χ0n) is 13.3. The molecule has 0 aromatic heterocycles. The fourth-order valence-corrected chi connectivity index (χ4v) is 3.09. The van der Waals surface area contributed by atoms with Crippen LogP contribution in [0.3, 0.4) is 0 Å². The van der Waals surface area contributed by atoms with Crippen molar-refractivity contribution < 1.29 is 26.4 Å². The van der Waals surface area contributed by atoms with Crippen molar-refractivity contribution in [2.45, 2.75) is 11.1 Å². The average molecular weight is 415 g/mol. The minimum absolute atomic E-state index is 0.303. The smallest absolute Gasteiger partial charge is 0.269 e. The van der Waals surface area contributed by atoms with Crippen LogP contribution in [0, 0.1) is 11.3 Å². The summed E-state index contributed by atoms with van der Waals surface area (Å²) in [6, 6.07) is 9.47. The molecule has 0 atom stereocenters. The first-order valence-corrected chi connectivity index (χ1v) is 9.01. The van der Waals surface area contributed by atoms with Crippen molar-refractivity contribution in [2.24, 2.45) is 0 Å². The van der Waals surface area contributed by atoms with Gasteiger partial charge in [0, 0.05) is 11.1 Å². The van der Waals surface area contributed by atoms with E-state index in [2.05, 4.69) is 0 Å². The Morgan fingerprint density at radius 2 is 1.78 bits per heavy atom. The first-order valence-electron chi connectivity index (χ1n) is 7.15. The summed E-state index contributed by atoms with van der Waals surface area (Å²) in [5.74, 6) is -1.05. The lowest BCUT2D eigenvalue weighted by Gasteiger charge is -2.11. The van der Waals surface area contributed by atoms with E-state index in [9.17, 15) is 26.4 Å². The van der Waals surface area contributed by atoms with Crippen molar-refractivity contribution in [1.29, 1.82) is 5.26 Å². The molecule has 1 amide bonds. The Morgan fingerprint density at radius 1 is 1.15 bits per heavy atom. The highest BCUT2D eigenvalue weighted by molar-refractivity contribution is 7.90. The number of alkyl halides is 3. The molecule has 0 aliphatic heterocycles. The van der Waals surface area contributed by atoms with Crippen molar-refractivity contribution in [1.82, 2.24) is 4.72 Å². The number of nitrogens with zero attached hydrogens (tertiary/aromatic N) is 1. The van der Waals surface area contributed by atoms with Crippen LogP contribution in [-0.4, -0.2) is 14.3 Å². The van der Waals surface area contributed by atoms with E-state index >= 15 is 0 Å². The second-order valence-corrected chi connectivity index (χ2v) is 7.29. The molecule has 0 saturated heterocycles. The van der Waals surface area contributed by atoms with Crippen molar-refractivity contribution in [2.75, 3.05) is 0 Å². The summed E-state index contributed by atoms with van der Waals surface area (Å²) >= 11 is 5.71. The second kappa shape index (κ2) is 7.82. The number of amides is 1. The molecule has 1 N–H and O–H groups in total. The lowest BCUT2D eigenvalue weighted by Crippen LogP contribution is -2.29. The predicted octanol–water partition coefficient (Wildman–Crippen LogP) is 3.75. The van der Waals surface area contributed by atoms with Crippen LogP contribution in [0.1, 0.15) is 16.7 Å². The van der Waals surface area contributed by atoms with Crippen molar-refractivity contribution in [3.05, 3.63) is 70.3 Å². The molecule has 0 radical (unpaired) electrons. The van der Waals surface area contributed by atoms with E-state index in [1.807, 2.05) is 0 Å². The van der Waals surface area contributed by atoms with Gasteiger partial charge in [-0.25, -0.2) is 13.1 Å². The van der Waals surface area contributed by atoms with Crippen LogP contribution in [0.25, 0.3) is 6.08 Å². The molecule has 5 nitrogen and oxygen atoms in total. The zero-order valence-corrected chi connectivity index (χ0v) is 14.9. The summed E-state index contributed by atoms with van der Waals surface area (Å²) in [5, 5.41) is 9.20. The fourth-order valence-electron chi connectivity index (χ4n) is 1.99. The van der Waals surface area contributed by atoms with E-state index in [-0.39, 0.29) is 0 Å². The highest BCUT2D eigenvalue weighted by atomic mass is 35.5. The Kier molecular flexibility index (Phi) is 5.93. The standard InChI is InChI=1S/C17H10ClF3N2O3S/c18-13-5-1-11(2-6-13)3-8-16(24)23-27(25,26)14-7-4-12(10-22)15(9-14)17(19,20)21/h1-9H,(H,23,24)/b8-3+. The third-order valence-electron chi connectivity index (χ3n) is 3.26. The number of carbonyl (C=O) groups excluding carboxylic acids is 1. The van der Waals surface area contributed by atoms with E-state index in [4.69, 9.17) is 16.9 Å². The van der Waals surface area contributed by atoms with Crippen LogP contribution >= 0.6 is 11.6 Å².